The Kier molecular flexibility index (Phi) is 14.8. The molecular weight excluding hydrogens is 274 g/mol. The van der Waals surface area contributed by atoms with E-state index in [0.717, 1.165) is 12.8 Å². The van der Waals surface area contributed by atoms with Crippen molar-refractivity contribution in [2.24, 2.45) is 5.73 Å². The van der Waals surface area contributed by atoms with E-state index < -0.39 is 12.1 Å². The Morgan fingerprint density at radius 3 is 2.32 bits per heavy atom. The molecule has 0 bridgehead atoms. The first-order valence-electron chi connectivity index (χ1n) is 8.98. The van der Waals surface area contributed by atoms with Crippen LogP contribution in [0.25, 0.3) is 0 Å². The van der Waals surface area contributed by atoms with Crippen molar-refractivity contribution < 1.29 is 10.2 Å². The van der Waals surface area contributed by atoms with Crippen molar-refractivity contribution in [3.8, 4) is 0 Å². The minimum absolute atomic E-state index is 0.192. The van der Waals surface area contributed by atoms with Crippen molar-refractivity contribution >= 4 is 0 Å². The zero-order valence-electron chi connectivity index (χ0n) is 14.6. The molecule has 0 aromatic carbocycles. The molecule has 0 amide bonds. The Morgan fingerprint density at radius 2 is 1.68 bits per heavy atom. The highest BCUT2D eigenvalue weighted by atomic mass is 16.3. The quantitative estimate of drug-likeness (QED) is 0.334. The van der Waals surface area contributed by atoms with Crippen molar-refractivity contribution in [1.29, 1.82) is 0 Å². The molecular formula is C19H37NO2. The summed E-state index contributed by atoms with van der Waals surface area (Å²) in [6.07, 6.45) is 17.8. The molecule has 0 aliphatic rings. The van der Waals surface area contributed by atoms with E-state index in [2.05, 4.69) is 19.9 Å². The average molecular weight is 312 g/mol. The number of hydrogen-bond donors (Lipinski definition) is 3. The third-order valence-corrected chi connectivity index (χ3v) is 3.98. The lowest BCUT2D eigenvalue weighted by Crippen LogP contribution is -2.36. The molecule has 0 unspecified atom stereocenters. The van der Waals surface area contributed by atoms with E-state index in [1.54, 1.807) is 6.08 Å². The molecule has 130 valence electrons. The maximum atomic E-state index is 9.56. The molecule has 0 heterocycles. The van der Waals surface area contributed by atoms with Gasteiger partial charge in [-0.3, -0.25) is 0 Å². The summed E-state index contributed by atoms with van der Waals surface area (Å²) < 4.78 is 0. The Hall–Kier alpha value is -0.640. The van der Waals surface area contributed by atoms with E-state index in [0.29, 0.717) is 0 Å². The number of aliphatic hydroxyl groups is 2. The van der Waals surface area contributed by atoms with Crippen LogP contribution in [0.15, 0.2) is 23.8 Å². The molecule has 2 atom stereocenters. The van der Waals surface area contributed by atoms with Crippen LogP contribution in [-0.4, -0.2) is 29.0 Å². The number of nitrogens with two attached hydrogens (primary N) is 1. The van der Waals surface area contributed by atoms with E-state index in [4.69, 9.17) is 10.8 Å². The Bertz CT molecular complexity index is 300. The maximum Gasteiger partial charge on any atom is 0.0894 e. The van der Waals surface area contributed by atoms with Gasteiger partial charge in [0.05, 0.1) is 18.8 Å². The van der Waals surface area contributed by atoms with Gasteiger partial charge in [-0.25, -0.2) is 0 Å². The Balaban J connectivity index is 3.58. The molecule has 0 fully saturated rings. The fraction of sp³-hybridized carbons (Fsp3) is 0.789. The molecule has 0 rings (SSSR count). The zero-order valence-corrected chi connectivity index (χ0v) is 14.6. The van der Waals surface area contributed by atoms with Crippen LogP contribution in [0.5, 0.6) is 0 Å². The van der Waals surface area contributed by atoms with Crippen LogP contribution >= 0.6 is 0 Å². The molecule has 0 saturated heterocycles. The predicted octanol–water partition coefficient (Wildman–Crippen LogP) is 4.09. The predicted molar refractivity (Wildman–Crippen MR) is 95.8 cm³/mol. The molecule has 0 aliphatic carbocycles. The third-order valence-electron chi connectivity index (χ3n) is 3.98. The molecule has 22 heavy (non-hydrogen) atoms. The minimum Gasteiger partial charge on any atom is -0.395 e. The highest BCUT2D eigenvalue weighted by Crippen LogP contribution is 2.13. The fourth-order valence-electron chi connectivity index (χ4n) is 2.38. The summed E-state index contributed by atoms with van der Waals surface area (Å²) in [5.74, 6) is 0. The summed E-state index contributed by atoms with van der Waals surface area (Å²) in [5.41, 5.74) is 6.99. The fourth-order valence-corrected chi connectivity index (χ4v) is 2.38. The van der Waals surface area contributed by atoms with E-state index in [9.17, 15) is 5.11 Å². The van der Waals surface area contributed by atoms with E-state index >= 15 is 0 Å². The van der Waals surface area contributed by atoms with Gasteiger partial charge in [-0.15, -0.1) is 0 Å². The monoisotopic (exact) mass is 311 g/mol. The van der Waals surface area contributed by atoms with Gasteiger partial charge in [-0.1, -0.05) is 69.2 Å². The number of allylic oxidation sites excluding steroid dienone is 3. The van der Waals surface area contributed by atoms with Crippen molar-refractivity contribution in [1.82, 2.24) is 0 Å². The van der Waals surface area contributed by atoms with Gasteiger partial charge in [0.2, 0.25) is 0 Å². The van der Waals surface area contributed by atoms with Gasteiger partial charge >= 0.3 is 0 Å². The third kappa shape index (κ3) is 13.1. The minimum atomic E-state index is -0.747. The summed E-state index contributed by atoms with van der Waals surface area (Å²) in [6.45, 7) is 4.27. The lowest BCUT2D eigenvalue weighted by molar-refractivity contribution is 0.144. The van der Waals surface area contributed by atoms with Gasteiger partial charge in [0.25, 0.3) is 0 Å². The van der Waals surface area contributed by atoms with Crippen LogP contribution in [0.4, 0.5) is 0 Å². The maximum absolute atomic E-state index is 9.56. The standard InChI is InChI=1S/C19H37NO2/c1-3-4-5-6-7-8-10-13-17(2)14-11-9-12-15-19(22)18(20)16-21/h12,14-15,18-19,21-22H,3-11,13,16,20H2,1-2H3/b15-12+,17-14+/t18-,19+/m1/s1. The molecule has 0 radical (unpaired) electrons. The Labute approximate surface area is 137 Å². The first-order valence-corrected chi connectivity index (χ1v) is 8.98. The molecule has 0 aliphatic heterocycles. The molecule has 4 N–H and O–H groups in total. The van der Waals surface area contributed by atoms with Gasteiger partial charge in [0.15, 0.2) is 0 Å². The van der Waals surface area contributed by atoms with Gasteiger partial charge in [-0.05, 0) is 32.6 Å². The molecule has 0 aromatic heterocycles. The number of hydrogen-bond acceptors (Lipinski definition) is 3. The highest BCUT2D eigenvalue weighted by molar-refractivity contribution is 5.00. The van der Waals surface area contributed by atoms with Gasteiger partial charge < -0.3 is 15.9 Å². The summed E-state index contributed by atoms with van der Waals surface area (Å²) >= 11 is 0. The van der Waals surface area contributed by atoms with Crippen molar-refractivity contribution in [2.75, 3.05) is 6.61 Å². The van der Waals surface area contributed by atoms with E-state index in [1.165, 1.54) is 56.9 Å². The van der Waals surface area contributed by atoms with Crippen LogP contribution in [0.1, 0.15) is 78.1 Å². The van der Waals surface area contributed by atoms with Crippen molar-refractivity contribution in [3.05, 3.63) is 23.8 Å². The smallest absolute Gasteiger partial charge is 0.0894 e. The second-order valence-electron chi connectivity index (χ2n) is 6.26. The second kappa shape index (κ2) is 15.3. The molecule has 0 spiro atoms. The summed E-state index contributed by atoms with van der Waals surface area (Å²) in [5, 5.41) is 18.4. The number of aliphatic hydroxyl groups excluding tert-OH is 2. The zero-order chi connectivity index (χ0) is 16.6. The first-order chi connectivity index (χ1) is 10.6. The van der Waals surface area contributed by atoms with E-state index in [-0.39, 0.29) is 6.61 Å². The normalized spacial score (nSPS) is 15.4. The largest absolute Gasteiger partial charge is 0.395 e. The Morgan fingerprint density at radius 1 is 1.05 bits per heavy atom. The van der Waals surface area contributed by atoms with E-state index in [1.807, 2.05) is 6.08 Å². The SMILES string of the molecule is CCCCCCCCC/C(C)=C/CC/C=C/[C@H](O)[C@H](N)CO. The summed E-state index contributed by atoms with van der Waals surface area (Å²) in [7, 11) is 0. The van der Waals surface area contributed by atoms with Gasteiger partial charge in [-0.2, -0.15) is 0 Å². The van der Waals surface area contributed by atoms with Crippen molar-refractivity contribution in [2.45, 2.75) is 90.2 Å². The lowest BCUT2D eigenvalue weighted by Gasteiger charge is -2.11. The van der Waals surface area contributed by atoms with Gasteiger partial charge in [0, 0.05) is 0 Å². The molecule has 3 nitrogen and oxygen atoms in total. The van der Waals surface area contributed by atoms with Crippen LogP contribution < -0.4 is 5.73 Å². The second-order valence-corrected chi connectivity index (χ2v) is 6.26. The lowest BCUT2D eigenvalue weighted by atomic mass is 10.0. The number of rotatable bonds is 14. The van der Waals surface area contributed by atoms with Crippen LogP contribution in [-0.2, 0) is 0 Å². The summed E-state index contributed by atoms with van der Waals surface area (Å²) in [6, 6.07) is -0.578. The van der Waals surface area contributed by atoms with Gasteiger partial charge in [0.1, 0.15) is 0 Å². The molecule has 0 saturated carbocycles. The highest BCUT2D eigenvalue weighted by Gasteiger charge is 2.08. The topological polar surface area (TPSA) is 66.5 Å². The van der Waals surface area contributed by atoms with Crippen LogP contribution in [0, 0.1) is 0 Å². The van der Waals surface area contributed by atoms with Crippen molar-refractivity contribution in [3.63, 3.8) is 0 Å². The molecule has 3 heteroatoms. The average Bonchev–Trinajstić information content (AvgIpc) is 2.52. The van der Waals surface area contributed by atoms with Crippen LogP contribution in [0.3, 0.4) is 0 Å². The van der Waals surface area contributed by atoms with Crippen LogP contribution in [0.2, 0.25) is 0 Å². The number of unbranched alkanes of at least 4 members (excludes halogenated alkanes) is 7. The first kappa shape index (κ1) is 21.4. The molecule has 0 aromatic rings. The summed E-state index contributed by atoms with van der Waals surface area (Å²) in [4.78, 5) is 0.